The summed E-state index contributed by atoms with van der Waals surface area (Å²) in [6, 6.07) is 12.9. The monoisotopic (exact) mass is 343 g/mol. The number of aryl methyl sites for hydroxylation is 2. The molecule has 1 unspecified atom stereocenters. The maximum absolute atomic E-state index is 12.2. The molecule has 2 aromatic carbocycles. The lowest BCUT2D eigenvalue weighted by Crippen LogP contribution is -2.34. The predicted molar refractivity (Wildman–Crippen MR) is 97.0 cm³/mol. The molecule has 0 fully saturated rings. The van der Waals surface area contributed by atoms with Crippen molar-refractivity contribution in [2.75, 3.05) is 27.3 Å². The molecule has 0 aromatic heterocycles. The Morgan fingerprint density at radius 2 is 1.72 bits per heavy atom. The molecule has 0 saturated heterocycles. The van der Waals surface area contributed by atoms with Gasteiger partial charge in [0, 0.05) is 7.05 Å². The van der Waals surface area contributed by atoms with Crippen molar-refractivity contribution in [3.63, 3.8) is 0 Å². The number of nitrogens with zero attached hydrogens (tertiary/aromatic N) is 1. The molecule has 0 saturated carbocycles. The van der Waals surface area contributed by atoms with Gasteiger partial charge in [-0.1, -0.05) is 18.2 Å². The van der Waals surface area contributed by atoms with Crippen molar-refractivity contribution in [1.82, 2.24) is 4.90 Å². The highest BCUT2D eigenvalue weighted by molar-refractivity contribution is 5.77. The third-order valence-corrected chi connectivity index (χ3v) is 4.21. The first-order chi connectivity index (χ1) is 11.9. The van der Waals surface area contributed by atoms with Crippen LogP contribution in [0, 0.1) is 13.8 Å². The van der Waals surface area contributed by atoms with Gasteiger partial charge in [0.1, 0.15) is 11.5 Å². The van der Waals surface area contributed by atoms with Crippen molar-refractivity contribution in [3.05, 3.63) is 59.2 Å². The fraction of sp³-hybridized carbons (Fsp3) is 0.350. The summed E-state index contributed by atoms with van der Waals surface area (Å²) in [4.78, 5) is 13.7. The Kier molecular flexibility index (Phi) is 6.42. The summed E-state index contributed by atoms with van der Waals surface area (Å²) in [7, 11) is 3.24. The zero-order chi connectivity index (χ0) is 18.4. The van der Waals surface area contributed by atoms with Gasteiger partial charge >= 0.3 is 0 Å². The average molecular weight is 343 g/mol. The molecule has 0 spiro atoms. The Morgan fingerprint density at radius 3 is 2.32 bits per heavy atom. The Hall–Kier alpha value is -2.53. The molecular weight excluding hydrogens is 318 g/mol. The van der Waals surface area contributed by atoms with Gasteiger partial charge < -0.3 is 19.5 Å². The average Bonchev–Trinajstić information content (AvgIpc) is 2.62. The molecule has 0 aliphatic heterocycles. The van der Waals surface area contributed by atoms with Crippen LogP contribution < -0.4 is 9.47 Å². The lowest BCUT2D eigenvalue weighted by molar-refractivity contribution is -0.133. The summed E-state index contributed by atoms with van der Waals surface area (Å²) >= 11 is 0. The van der Waals surface area contributed by atoms with E-state index in [4.69, 9.17) is 9.47 Å². The molecule has 5 heteroatoms. The van der Waals surface area contributed by atoms with E-state index in [0.717, 1.165) is 16.9 Å². The van der Waals surface area contributed by atoms with E-state index in [0.29, 0.717) is 5.75 Å². The molecule has 1 N–H and O–H groups in total. The van der Waals surface area contributed by atoms with Crippen molar-refractivity contribution in [1.29, 1.82) is 0 Å². The Labute approximate surface area is 148 Å². The van der Waals surface area contributed by atoms with E-state index in [1.165, 1.54) is 10.5 Å². The molecule has 2 rings (SSSR count). The van der Waals surface area contributed by atoms with Gasteiger partial charge in [-0.05, 0) is 54.8 Å². The molecule has 1 amide bonds. The van der Waals surface area contributed by atoms with Crippen LogP contribution >= 0.6 is 0 Å². The van der Waals surface area contributed by atoms with Crippen molar-refractivity contribution < 1.29 is 19.4 Å². The fourth-order valence-corrected chi connectivity index (χ4v) is 2.35. The quantitative estimate of drug-likeness (QED) is 0.840. The van der Waals surface area contributed by atoms with Crippen LogP contribution in [0.2, 0.25) is 0 Å². The minimum absolute atomic E-state index is 0.0612. The highest BCUT2D eigenvalue weighted by Crippen LogP contribution is 2.19. The summed E-state index contributed by atoms with van der Waals surface area (Å²) in [6.45, 7) is 4.16. The lowest BCUT2D eigenvalue weighted by Gasteiger charge is -2.21. The number of aliphatic hydroxyl groups is 1. The smallest absolute Gasteiger partial charge is 0.260 e. The van der Waals surface area contributed by atoms with E-state index in [2.05, 4.69) is 0 Å². The lowest BCUT2D eigenvalue weighted by atomic mass is 10.1. The van der Waals surface area contributed by atoms with Crippen molar-refractivity contribution in [3.8, 4) is 11.5 Å². The SMILES string of the molecule is COc1ccc(C(O)CN(C)C(=O)COc2ccc(C)c(C)c2)cc1. The summed E-state index contributed by atoms with van der Waals surface area (Å²) in [6.07, 6.45) is -0.763. The molecule has 2 aromatic rings. The number of ether oxygens (including phenoxy) is 2. The van der Waals surface area contributed by atoms with Crippen LogP contribution in [0.25, 0.3) is 0 Å². The topological polar surface area (TPSA) is 59.0 Å². The van der Waals surface area contributed by atoms with Crippen LogP contribution in [0.5, 0.6) is 11.5 Å². The van der Waals surface area contributed by atoms with Crippen LogP contribution in [-0.4, -0.2) is 43.2 Å². The summed E-state index contributed by atoms with van der Waals surface area (Å²) in [5.41, 5.74) is 3.03. The number of benzene rings is 2. The van der Waals surface area contributed by atoms with E-state index < -0.39 is 6.10 Å². The molecule has 1 atom stereocenters. The summed E-state index contributed by atoms with van der Waals surface area (Å²) in [5.74, 6) is 1.20. The number of hydrogen-bond acceptors (Lipinski definition) is 4. The van der Waals surface area contributed by atoms with E-state index in [1.807, 2.05) is 32.0 Å². The maximum atomic E-state index is 12.2. The fourth-order valence-electron chi connectivity index (χ4n) is 2.35. The van der Waals surface area contributed by atoms with Gasteiger partial charge in [0.25, 0.3) is 5.91 Å². The largest absolute Gasteiger partial charge is 0.497 e. The molecule has 0 heterocycles. The first-order valence-electron chi connectivity index (χ1n) is 8.16. The molecule has 0 bridgehead atoms. The highest BCUT2D eigenvalue weighted by atomic mass is 16.5. The van der Waals surface area contributed by atoms with Crippen LogP contribution in [-0.2, 0) is 4.79 Å². The Balaban J connectivity index is 1.87. The molecule has 134 valence electrons. The van der Waals surface area contributed by atoms with Gasteiger partial charge in [0.15, 0.2) is 6.61 Å². The number of aliphatic hydroxyl groups excluding tert-OH is 1. The third-order valence-electron chi connectivity index (χ3n) is 4.21. The van der Waals surface area contributed by atoms with Gasteiger partial charge in [0.05, 0.1) is 19.8 Å². The minimum Gasteiger partial charge on any atom is -0.497 e. The molecule has 25 heavy (non-hydrogen) atoms. The van der Waals surface area contributed by atoms with Crippen molar-refractivity contribution in [2.24, 2.45) is 0 Å². The molecule has 0 radical (unpaired) electrons. The summed E-state index contributed by atoms with van der Waals surface area (Å²) in [5, 5.41) is 10.3. The Morgan fingerprint density at radius 1 is 1.08 bits per heavy atom. The number of likely N-dealkylation sites (N-methyl/N-ethyl adjacent to an activating group) is 1. The first-order valence-corrected chi connectivity index (χ1v) is 8.16. The number of amides is 1. The summed E-state index contributed by atoms with van der Waals surface area (Å²) < 4.78 is 10.6. The van der Waals surface area contributed by atoms with E-state index in [1.54, 1.807) is 38.4 Å². The second-order valence-corrected chi connectivity index (χ2v) is 6.10. The standard InChI is InChI=1S/C20H25NO4/c1-14-5-8-18(11-15(14)2)25-13-20(23)21(3)12-19(22)16-6-9-17(24-4)10-7-16/h5-11,19,22H,12-13H2,1-4H3. The number of carbonyl (C=O) groups is 1. The minimum atomic E-state index is -0.763. The molecule has 5 nitrogen and oxygen atoms in total. The maximum Gasteiger partial charge on any atom is 0.260 e. The van der Waals surface area contributed by atoms with Crippen LogP contribution in [0.3, 0.4) is 0 Å². The van der Waals surface area contributed by atoms with Gasteiger partial charge in [-0.3, -0.25) is 4.79 Å². The normalized spacial score (nSPS) is 11.7. The van der Waals surface area contributed by atoms with Gasteiger partial charge in [-0.15, -0.1) is 0 Å². The van der Waals surface area contributed by atoms with E-state index in [9.17, 15) is 9.90 Å². The molecule has 0 aliphatic rings. The number of rotatable bonds is 7. The van der Waals surface area contributed by atoms with Gasteiger partial charge in [-0.25, -0.2) is 0 Å². The second kappa shape index (κ2) is 8.53. The molecule has 0 aliphatic carbocycles. The van der Waals surface area contributed by atoms with E-state index >= 15 is 0 Å². The van der Waals surface area contributed by atoms with Crippen LogP contribution in [0.15, 0.2) is 42.5 Å². The van der Waals surface area contributed by atoms with Crippen LogP contribution in [0.1, 0.15) is 22.8 Å². The highest BCUT2D eigenvalue weighted by Gasteiger charge is 2.16. The second-order valence-electron chi connectivity index (χ2n) is 6.10. The zero-order valence-corrected chi connectivity index (χ0v) is 15.2. The Bertz CT molecular complexity index is 712. The number of hydrogen-bond donors (Lipinski definition) is 1. The zero-order valence-electron chi connectivity index (χ0n) is 15.2. The molecular formula is C20H25NO4. The van der Waals surface area contributed by atoms with Crippen LogP contribution in [0.4, 0.5) is 0 Å². The predicted octanol–water partition coefficient (Wildman–Crippen LogP) is 2.88. The first kappa shape index (κ1) is 18.8. The van der Waals surface area contributed by atoms with Gasteiger partial charge in [0.2, 0.25) is 0 Å². The van der Waals surface area contributed by atoms with Crippen molar-refractivity contribution in [2.45, 2.75) is 20.0 Å². The number of carbonyl (C=O) groups excluding carboxylic acids is 1. The number of methoxy groups -OCH3 is 1. The third kappa shape index (κ3) is 5.22. The van der Waals surface area contributed by atoms with E-state index in [-0.39, 0.29) is 19.1 Å². The van der Waals surface area contributed by atoms with Crippen molar-refractivity contribution >= 4 is 5.91 Å². The van der Waals surface area contributed by atoms with Gasteiger partial charge in [-0.2, -0.15) is 0 Å².